The molecule has 3 unspecified atom stereocenters. The molecule has 1 aromatic rings. The summed E-state index contributed by atoms with van der Waals surface area (Å²) >= 11 is 0. The third kappa shape index (κ3) is 3.52. The Morgan fingerprint density at radius 2 is 2.00 bits per heavy atom. The summed E-state index contributed by atoms with van der Waals surface area (Å²) in [6.07, 6.45) is -3.76. The molecule has 1 aliphatic carbocycles. The lowest BCUT2D eigenvalue weighted by atomic mass is 9.69. The van der Waals surface area contributed by atoms with Gasteiger partial charge >= 0.3 is 5.97 Å². The van der Waals surface area contributed by atoms with Crippen LogP contribution in [0.4, 0.5) is 0 Å². The van der Waals surface area contributed by atoms with E-state index in [1.165, 1.54) is 5.56 Å². The van der Waals surface area contributed by atoms with Crippen molar-refractivity contribution in [3.05, 3.63) is 35.4 Å². The number of methoxy groups -OCH3 is 1. The summed E-state index contributed by atoms with van der Waals surface area (Å²) in [6, 6.07) is 4.00. The highest BCUT2D eigenvalue weighted by Crippen LogP contribution is 2.56. The average Bonchev–Trinajstić information content (AvgIpc) is 3.05. The Hall–Kier alpha value is -2.21. The Morgan fingerprint density at radius 3 is 2.73 bits per heavy atom. The van der Waals surface area contributed by atoms with E-state index in [-0.39, 0.29) is 11.5 Å². The van der Waals surface area contributed by atoms with Crippen LogP contribution in [-0.4, -0.2) is 94.9 Å². The molecule has 0 aromatic heterocycles. The number of aliphatic hydroxyl groups is 3. The van der Waals surface area contributed by atoms with Gasteiger partial charge in [0, 0.05) is 18.5 Å². The minimum atomic E-state index is -1.76. The van der Waals surface area contributed by atoms with E-state index in [9.17, 15) is 25.2 Å². The highest BCUT2D eigenvalue weighted by molar-refractivity contribution is 5.73. The van der Waals surface area contributed by atoms with Crippen LogP contribution in [0.15, 0.2) is 24.3 Å². The molecule has 10 nitrogen and oxygen atoms in total. The Labute approximate surface area is 190 Å². The number of nitrogens with zero attached hydrogens (tertiary/aromatic N) is 1. The monoisotopic (exact) mass is 463 g/mol. The van der Waals surface area contributed by atoms with E-state index in [4.69, 9.17) is 18.9 Å². The standard InChI is InChI=1S/C23H29NO9/c1-24-8-7-23-6-5-12(31-22-18(27)16(25)17(26)20(33-22)21(28)29)9-14(23)32-19-13(30-2)4-3-11(10-24)15(19)23/h3-6,12,14,16-18,20,22,25-27H,7-10H2,1-2H3,(H,28,29)/t12-,14-,16+,17-,18?,20?,22?,23-/m0/s1. The molecule has 0 amide bonds. The molecular weight excluding hydrogens is 434 g/mol. The topological polar surface area (TPSA) is 138 Å². The minimum Gasteiger partial charge on any atom is -0.493 e. The van der Waals surface area contributed by atoms with Crippen LogP contribution in [0.3, 0.4) is 0 Å². The van der Waals surface area contributed by atoms with Gasteiger partial charge in [0.05, 0.1) is 18.6 Å². The summed E-state index contributed by atoms with van der Waals surface area (Å²) < 4.78 is 23.2. The second-order valence-corrected chi connectivity index (χ2v) is 9.27. The summed E-state index contributed by atoms with van der Waals surface area (Å²) in [5, 5.41) is 39.6. The molecule has 4 N–H and O–H groups in total. The zero-order valence-electron chi connectivity index (χ0n) is 18.5. The first-order valence-corrected chi connectivity index (χ1v) is 11.1. The minimum absolute atomic E-state index is 0.254. The van der Waals surface area contributed by atoms with E-state index in [2.05, 4.69) is 24.1 Å². The number of ether oxygens (including phenoxy) is 4. The van der Waals surface area contributed by atoms with Crippen LogP contribution in [0, 0.1) is 0 Å². The first kappa shape index (κ1) is 22.6. The molecule has 180 valence electrons. The van der Waals surface area contributed by atoms with Gasteiger partial charge in [0.25, 0.3) is 0 Å². The first-order chi connectivity index (χ1) is 15.7. The number of rotatable bonds is 4. The molecular formula is C23H29NO9. The van der Waals surface area contributed by atoms with Gasteiger partial charge < -0.3 is 44.3 Å². The maximum Gasteiger partial charge on any atom is 0.335 e. The third-order valence-electron chi connectivity index (χ3n) is 7.25. The SMILES string of the molecule is COc1ccc2c3c1O[C@H]1C[C@@H](OC4OC(C(=O)O)[C@@H](O)[C@@H](O)C4O)C=C[C@@]31CCN(C)C2. The number of aliphatic carboxylic acids is 1. The van der Waals surface area contributed by atoms with Crippen molar-refractivity contribution in [1.82, 2.24) is 4.90 Å². The van der Waals surface area contributed by atoms with Gasteiger partial charge in [0.15, 0.2) is 23.9 Å². The zero-order chi connectivity index (χ0) is 23.5. The van der Waals surface area contributed by atoms with Crippen molar-refractivity contribution in [3.63, 3.8) is 0 Å². The molecule has 5 rings (SSSR count). The van der Waals surface area contributed by atoms with Crippen molar-refractivity contribution in [2.24, 2.45) is 0 Å². The van der Waals surface area contributed by atoms with Crippen LogP contribution in [0.2, 0.25) is 0 Å². The van der Waals surface area contributed by atoms with E-state index in [1.807, 2.05) is 12.1 Å². The van der Waals surface area contributed by atoms with Gasteiger partial charge in [-0.15, -0.1) is 0 Å². The summed E-state index contributed by atoms with van der Waals surface area (Å²) in [4.78, 5) is 13.7. The Bertz CT molecular complexity index is 967. The van der Waals surface area contributed by atoms with Gasteiger partial charge in [-0.3, -0.25) is 0 Å². The molecule has 0 radical (unpaired) electrons. The number of hydrogen-bond acceptors (Lipinski definition) is 9. The zero-order valence-corrected chi connectivity index (χ0v) is 18.5. The van der Waals surface area contributed by atoms with E-state index >= 15 is 0 Å². The quantitative estimate of drug-likeness (QED) is 0.443. The predicted octanol–water partition coefficient (Wildman–Crippen LogP) is -0.233. The molecule has 0 bridgehead atoms. The van der Waals surface area contributed by atoms with Crippen LogP contribution in [0.5, 0.6) is 11.5 Å². The second-order valence-electron chi connectivity index (χ2n) is 9.27. The molecule has 10 heteroatoms. The molecule has 33 heavy (non-hydrogen) atoms. The summed E-state index contributed by atoms with van der Waals surface area (Å²) in [5.41, 5.74) is 1.96. The summed E-state index contributed by atoms with van der Waals surface area (Å²) in [6.45, 7) is 1.68. The van der Waals surface area contributed by atoms with Crippen molar-refractivity contribution < 1.29 is 44.2 Å². The number of benzene rings is 1. The number of hydrogen-bond donors (Lipinski definition) is 4. The second kappa shape index (κ2) is 8.23. The predicted molar refractivity (Wildman–Crippen MR) is 113 cm³/mol. The summed E-state index contributed by atoms with van der Waals surface area (Å²) in [5.74, 6) is -0.0404. The normalized spacial score (nSPS) is 39.8. The fourth-order valence-electron chi connectivity index (χ4n) is 5.50. The van der Waals surface area contributed by atoms with Crippen molar-refractivity contribution in [1.29, 1.82) is 0 Å². The lowest BCUT2D eigenvalue weighted by Crippen LogP contribution is -2.61. The fourth-order valence-corrected chi connectivity index (χ4v) is 5.50. The molecule has 4 aliphatic rings. The Balaban J connectivity index is 1.42. The molecule has 8 atom stereocenters. The maximum atomic E-state index is 11.4. The number of aliphatic hydroxyl groups excluding tert-OH is 3. The van der Waals surface area contributed by atoms with Crippen molar-refractivity contribution in [2.75, 3.05) is 20.7 Å². The Morgan fingerprint density at radius 1 is 1.21 bits per heavy atom. The third-order valence-corrected chi connectivity index (χ3v) is 7.25. The van der Waals surface area contributed by atoms with Gasteiger partial charge in [0.1, 0.15) is 24.4 Å². The van der Waals surface area contributed by atoms with E-state index in [0.29, 0.717) is 12.2 Å². The molecule has 3 heterocycles. The maximum absolute atomic E-state index is 11.4. The van der Waals surface area contributed by atoms with E-state index in [1.54, 1.807) is 7.11 Å². The molecule has 1 spiro atoms. The molecule has 0 saturated carbocycles. The number of carboxylic acids is 1. The Kier molecular flexibility index (Phi) is 5.63. The van der Waals surface area contributed by atoms with Crippen LogP contribution in [-0.2, 0) is 26.2 Å². The number of carbonyl (C=O) groups is 1. The molecule has 1 aromatic carbocycles. The molecule has 3 aliphatic heterocycles. The van der Waals surface area contributed by atoms with Gasteiger partial charge in [-0.05, 0) is 31.6 Å². The highest BCUT2D eigenvalue weighted by atomic mass is 16.7. The van der Waals surface area contributed by atoms with E-state index < -0.39 is 42.8 Å². The summed E-state index contributed by atoms with van der Waals surface area (Å²) in [7, 11) is 3.70. The van der Waals surface area contributed by atoms with Gasteiger partial charge in [-0.2, -0.15) is 0 Å². The van der Waals surface area contributed by atoms with Gasteiger partial charge in [-0.25, -0.2) is 4.79 Å². The van der Waals surface area contributed by atoms with Gasteiger partial charge in [0.2, 0.25) is 0 Å². The fraction of sp³-hybridized carbons (Fsp3) is 0.609. The number of carboxylic acid groups (broad SMARTS) is 1. The average molecular weight is 463 g/mol. The van der Waals surface area contributed by atoms with Crippen LogP contribution in [0.1, 0.15) is 24.0 Å². The lowest BCUT2D eigenvalue weighted by molar-refractivity contribution is -0.302. The van der Waals surface area contributed by atoms with Crippen molar-refractivity contribution >= 4 is 5.97 Å². The molecule has 1 fully saturated rings. The molecule has 1 saturated heterocycles. The largest absolute Gasteiger partial charge is 0.493 e. The van der Waals surface area contributed by atoms with Crippen molar-refractivity contribution in [2.45, 2.75) is 67.7 Å². The first-order valence-electron chi connectivity index (χ1n) is 11.1. The van der Waals surface area contributed by atoms with Gasteiger partial charge in [-0.1, -0.05) is 18.2 Å². The van der Waals surface area contributed by atoms with Crippen LogP contribution < -0.4 is 9.47 Å². The van der Waals surface area contributed by atoms with Crippen molar-refractivity contribution in [3.8, 4) is 11.5 Å². The smallest absolute Gasteiger partial charge is 0.335 e. The van der Waals surface area contributed by atoms with Crippen LogP contribution in [0.25, 0.3) is 0 Å². The van der Waals surface area contributed by atoms with Crippen LogP contribution >= 0.6 is 0 Å². The highest BCUT2D eigenvalue weighted by Gasteiger charge is 2.54. The van der Waals surface area contributed by atoms with E-state index in [0.717, 1.165) is 30.8 Å². The lowest BCUT2D eigenvalue weighted by Gasteiger charge is -2.42.